The fourth-order valence-electron chi connectivity index (χ4n) is 3.65. The fraction of sp³-hybridized carbons (Fsp3) is 0.600. The Hall–Kier alpha value is -1.43. The minimum absolute atomic E-state index is 0. The zero-order valence-corrected chi connectivity index (χ0v) is 20.9. The maximum Gasteiger partial charge on any atom is 0.230 e. The summed E-state index contributed by atoms with van der Waals surface area (Å²) in [6, 6.07) is 5.35. The summed E-state index contributed by atoms with van der Waals surface area (Å²) in [4.78, 5) is 18.5. The van der Waals surface area contributed by atoms with Crippen molar-refractivity contribution < 1.29 is 17.6 Å². The molecule has 1 aromatic carbocycles. The molecule has 1 fully saturated rings. The molecule has 1 aliphatic carbocycles. The van der Waals surface area contributed by atoms with Crippen LogP contribution in [0.4, 0.5) is 4.39 Å². The smallest absolute Gasteiger partial charge is 0.230 e. The molecule has 1 saturated carbocycles. The quantitative estimate of drug-likeness (QED) is 0.293. The third-order valence-corrected chi connectivity index (χ3v) is 6.88. The molecule has 0 saturated heterocycles. The van der Waals surface area contributed by atoms with Gasteiger partial charge in [-0.05, 0) is 31.9 Å². The Balaban J connectivity index is 0.00000450. The Labute approximate surface area is 195 Å². The predicted octanol–water partition coefficient (Wildman–Crippen LogP) is 2.42. The van der Waals surface area contributed by atoms with E-state index in [4.69, 9.17) is 0 Å². The molecule has 0 spiro atoms. The Morgan fingerprint density at radius 2 is 1.83 bits per heavy atom. The number of hydrogen-bond acceptors (Lipinski definition) is 4. The van der Waals surface area contributed by atoms with Gasteiger partial charge in [0.15, 0.2) is 15.8 Å². The first-order valence-electron chi connectivity index (χ1n) is 9.93. The molecular weight excluding hydrogens is 522 g/mol. The van der Waals surface area contributed by atoms with Gasteiger partial charge in [-0.2, -0.15) is 0 Å². The number of carbonyl (C=O) groups is 1. The van der Waals surface area contributed by atoms with Crippen molar-refractivity contribution in [2.24, 2.45) is 10.4 Å². The molecule has 2 rings (SSSR count). The van der Waals surface area contributed by atoms with Crippen molar-refractivity contribution in [3.63, 3.8) is 0 Å². The van der Waals surface area contributed by atoms with Crippen LogP contribution in [-0.4, -0.2) is 64.7 Å². The molecule has 0 aromatic heterocycles. The lowest BCUT2D eigenvalue weighted by Gasteiger charge is -2.29. The van der Waals surface area contributed by atoms with Crippen molar-refractivity contribution in [1.82, 2.24) is 15.5 Å². The number of halogens is 2. The van der Waals surface area contributed by atoms with Crippen molar-refractivity contribution in [1.29, 1.82) is 0 Å². The van der Waals surface area contributed by atoms with Gasteiger partial charge in [0.2, 0.25) is 5.91 Å². The second-order valence-corrected chi connectivity index (χ2v) is 9.64. The molecule has 0 aliphatic heterocycles. The number of aliphatic imine (C=N–C) groups is 1. The van der Waals surface area contributed by atoms with Crippen molar-refractivity contribution in [2.75, 3.05) is 39.5 Å². The van der Waals surface area contributed by atoms with Crippen LogP contribution in [0.2, 0.25) is 0 Å². The van der Waals surface area contributed by atoms with Crippen LogP contribution in [0, 0.1) is 11.2 Å². The van der Waals surface area contributed by atoms with E-state index in [0.717, 1.165) is 31.7 Å². The molecule has 10 heteroatoms. The molecule has 30 heavy (non-hydrogen) atoms. The minimum atomic E-state index is -3.75. The highest BCUT2D eigenvalue weighted by Crippen LogP contribution is 2.39. The summed E-state index contributed by atoms with van der Waals surface area (Å²) >= 11 is 0. The normalized spacial score (nSPS) is 15.9. The van der Waals surface area contributed by atoms with Gasteiger partial charge in [0.05, 0.1) is 17.7 Å². The molecule has 0 radical (unpaired) electrons. The summed E-state index contributed by atoms with van der Waals surface area (Å²) in [6.07, 6.45) is 3.60. The molecular formula is C20H32FIN4O3S. The topological polar surface area (TPSA) is 90.9 Å². The fourth-order valence-corrected chi connectivity index (χ4v) is 4.89. The lowest BCUT2D eigenvalue weighted by atomic mass is 9.85. The van der Waals surface area contributed by atoms with Crippen molar-refractivity contribution in [3.8, 4) is 0 Å². The van der Waals surface area contributed by atoms with E-state index in [0.29, 0.717) is 19.0 Å². The first-order valence-corrected chi connectivity index (χ1v) is 11.6. The van der Waals surface area contributed by atoms with Crippen molar-refractivity contribution >= 4 is 45.7 Å². The average Bonchev–Trinajstić information content (AvgIpc) is 3.15. The maximum absolute atomic E-state index is 13.8. The van der Waals surface area contributed by atoms with Crippen LogP contribution >= 0.6 is 24.0 Å². The van der Waals surface area contributed by atoms with Gasteiger partial charge in [-0.3, -0.25) is 9.79 Å². The molecule has 0 unspecified atom stereocenters. The zero-order valence-electron chi connectivity index (χ0n) is 17.8. The Morgan fingerprint density at radius 3 is 2.40 bits per heavy atom. The summed E-state index contributed by atoms with van der Waals surface area (Å²) in [5.41, 5.74) is -0.495. The standard InChI is InChI=1S/C20H31FN4O3S.HI/c1-4-22-19(24-15-20(11-7-8-12-20)18(26)25(2)3)23-13-14-29(27,28)17-10-6-5-9-16(17)21;/h5-6,9-10H,4,7-8,11-15H2,1-3H3,(H2,22,23,24);1H. The highest BCUT2D eigenvalue weighted by Gasteiger charge is 2.42. The van der Waals surface area contributed by atoms with Gasteiger partial charge in [0.1, 0.15) is 10.7 Å². The van der Waals surface area contributed by atoms with E-state index in [2.05, 4.69) is 15.6 Å². The van der Waals surface area contributed by atoms with Gasteiger partial charge < -0.3 is 15.5 Å². The lowest BCUT2D eigenvalue weighted by Crippen LogP contribution is -2.43. The van der Waals surface area contributed by atoms with Crippen molar-refractivity contribution in [3.05, 3.63) is 30.1 Å². The van der Waals surface area contributed by atoms with E-state index in [1.807, 2.05) is 6.92 Å². The Bertz CT molecular complexity index is 840. The van der Waals surface area contributed by atoms with Crippen LogP contribution in [0.3, 0.4) is 0 Å². The first-order chi connectivity index (χ1) is 13.7. The SMILES string of the molecule is CCNC(=NCC1(C(=O)N(C)C)CCCC1)NCCS(=O)(=O)c1ccccc1F.I. The van der Waals surface area contributed by atoms with Gasteiger partial charge in [0.25, 0.3) is 0 Å². The average molecular weight is 554 g/mol. The predicted molar refractivity (Wildman–Crippen MR) is 127 cm³/mol. The molecule has 7 nitrogen and oxygen atoms in total. The van der Waals surface area contributed by atoms with Gasteiger partial charge >= 0.3 is 0 Å². The number of sulfone groups is 1. The molecule has 0 bridgehead atoms. The van der Waals surface area contributed by atoms with Gasteiger partial charge in [-0.15, -0.1) is 24.0 Å². The van der Waals surface area contributed by atoms with E-state index in [1.165, 1.54) is 18.2 Å². The highest BCUT2D eigenvalue weighted by molar-refractivity contribution is 14.0. The molecule has 170 valence electrons. The van der Waals surface area contributed by atoms with Crippen LogP contribution in [0.15, 0.2) is 34.2 Å². The van der Waals surface area contributed by atoms with Gasteiger partial charge in [0, 0.05) is 27.2 Å². The van der Waals surface area contributed by atoms with E-state index < -0.39 is 21.1 Å². The van der Waals surface area contributed by atoms with Gasteiger partial charge in [-0.1, -0.05) is 25.0 Å². The molecule has 0 heterocycles. The van der Waals surface area contributed by atoms with Crippen LogP contribution in [0.1, 0.15) is 32.6 Å². The third-order valence-electron chi connectivity index (χ3n) is 5.14. The first kappa shape index (κ1) is 26.6. The van der Waals surface area contributed by atoms with E-state index in [9.17, 15) is 17.6 Å². The van der Waals surface area contributed by atoms with Gasteiger partial charge in [-0.25, -0.2) is 12.8 Å². The Morgan fingerprint density at radius 1 is 1.20 bits per heavy atom. The molecule has 1 amide bonds. The number of hydrogen-bond donors (Lipinski definition) is 2. The van der Waals surface area contributed by atoms with E-state index in [-0.39, 0.29) is 47.1 Å². The molecule has 0 atom stereocenters. The van der Waals surface area contributed by atoms with Crippen molar-refractivity contribution in [2.45, 2.75) is 37.5 Å². The summed E-state index contributed by atoms with van der Waals surface area (Å²) in [6.45, 7) is 2.93. The third kappa shape index (κ3) is 6.79. The molecule has 1 aliphatic rings. The second-order valence-electron chi connectivity index (χ2n) is 7.56. The van der Waals surface area contributed by atoms with E-state index in [1.54, 1.807) is 19.0 Å². The van der Waals surface area contributed by atoms with Crippen LogP contribution < -0.4 is 10.6 Å². The van der Waals surface area contributed by atoms with Crippen LogP contribution in [0.5, 0.6) is 0 Å². The summed E-state index contributed by atoms with van der Waals surface area (Å²) in [5, 5.41) is 6.06. The number of nitrogens with one attached hydrogen (secondary N) is 2. The number of amides is 1. The van der Waals surface area contributed by atoms with Crippen LogP contribution in [0.25, 0.3) is 0 Å². The number of carbonyl (C=O) groups excluding carboxylic acids is 1. The lowest BCUT2D eigenvalue weighted by molar-refractivity contribution is -0.138. The largest absolute Gasteiger partial charge is 0.357 e. The zero-order chi connectivity index (χ0) is 21.5. The highest BCUT2D eigenvalue weighted by atomic mass is 127. The minimum Gasteiger partial charge on any atom is -0.357 e. The molecule has 2 N–H and O–H groups in total. The molecule has 1 aromatic rings. The summed E-state index contributed by atoms with van der Waals surface area (Å²) in [7, 11) is -0.244. The van der Waals surface area contributed by atoms with E-state index >= 15 is 0 Å². The maximum atomic E-state index is 13.8. The number of benzene rings is 1. The summed E-state index contributed by atoms with van der Waals surface area (Å²) in [5.74, 6) is -0.482. The Kier molecular flexibility index (Phi) is 10.5. The van der Waals surface area contributed by atoms with Crippen LogP contribution in [-0.2, 0) is 14.6 Å². The number of nitrogens with zero attached hydrogens (tertiary/aromatic N) is 2. The summed E-state index contributed by atoms with van der Waals surface area (Å²) < 4.78 is 38.6. The number of rotatable bonds is 8. The number of guanidine groups is 1. The monoisotopic (exact) mass is 554 g/mol. The second kappa shape index (κ2) is 11.8.